The van der Waals surface area contributed by atoms with Crippen molar-refractivity contribution in [2.45, 2.75) is 0 Å². The maximum Gasteiger partial charge on any atom is 0.135 e. The van der Waals surface area contributed by atoms with E-state index < -0.39 is 0 Å². The summed E-state index contributed by atoms with van der Waals surface area (Å²) in [5.41, 5.74) is 8.57. The Bertz CT molecular complexity index is 1660. The maximum absolute atomic E-state index is 14.5. The van der Waals surface area contributed by atoms with Crippen LogP contribution in [0.25, 0.3) is 55.7 Å². The van der Waals surface area contributed by atoms with Crippen molar-refractivity contribution >= 4 is 27.6 Å². The quantitative estimate of drug-likeness (QED) is 0.318. The first-order valence-corrected chi connectivity index (χ1v) is 11.1. The number of anilines is 1. The average molecular weight is 448 g/mol. The van der Waals surface area contributed by atoms with Crippen LogP contribution in [0.1, 0.15) is 0 Å². The smallest absolute Gasteiger partial charge is 0.135 e. The number of rotatable bonds is 4. The zero-order valence-corrected chi connectivity index (χ0v) is 18.8. The van der Waals surface area contributed by atoms with Crippen LogP contribution in [-0.2, 0) is 0 Å². The first-order chi connectivity index (χ1) is 16.6. The van der Waals surface area contributed by atoms with Crippen molar-refractivity contribution in [2.24, 2.45) is 0 Å². The third-order valence-electron chi connectivity index (χ3n) is 6.15. The number of hydrogen-bond acceptors (Lipinski definition) is 3. The Balaban J connectivity index is 1.49. The van der Waals surface area contributed by atoms with Crippen molar-refractivity contribution in [3.8, 4) is 33.8 Å². The molecule has 0 amide bonds. The van der Waals surface area contributed by atoms with Crippen molar-refractivity contribution in [2.75, 3.05) is 19.0 Å². The van der Waals surface area contributed by atoms with E-state index in [1.54, 1.807) is 12.1 Å². The van der Waals surface area contributed by atoms with Gasteiger partial charge in [0, 0.05) is 41.8 Å². The summed E-state index contributed by atoms with van der Waals surface area (Å²) in [5, 5.41) is 8.59. The third kappa shape index (κ3) is 3.31. The van der Waals surface area contributed by atoms with Crippen LogP contribution in [0.15, 0.2) is 84.9 Å². The summed E-state index contributed by atoms with van der Waals surface area (Å²) in [6.07, 6.45) is 0. The Morgan fingerprint density at radius 1 is 0.794 bits per heavy atom. The highest BCUT2D eigenvalue weighted by molar-refractivity contribution is 6.00. The number of nitrogens with one attached hydrogen (secondary N) is 2. The topological polar surface area (TPSA) is 60.6 Å². The van der Waals surface area contributed by atoms with Gasteiger partial charge >= 0.3 is 0 Å². The summed E-state index contributed by atoms with van der Waals surface area (Å²) in [7, 11) is 4.05. The zero-order valence-electron chi connectivity index (χ0n) is 18.8. The van der Waals surface area contributed by atoms with Gasteiger partial charge in [-0.25, -0.2) is 9.37 Å². The highest BCUT2D eigenvalue weighted by Gasteiger charge is 2.16. The molecule has 3 aromatic heterocycles. The highest BCUT2D eigenvalue weighted by Crippen LogP contribution is 2.35. The molecule has 6 heteroatoms. The van der Waals surface area contributed by atoms with Gasteiger partial charge in [-0.05, 0) is 48.0 Å². The van der Waals surface area contributed by atoms with Gasteiger partial charge in [0.15, 0.2) is 0 Å². The molecule has 0 unspecified atom stereocenters. The van der Waals surface area contributed by atoms with E-state index >= 15 is 0 Å². The van der Waals surface area contributed by atoms with E-state index in [0.29, 0.717) is 5.56 Å². The molecule has 5 nitrogen and oxygen atoms in total. The van der Waals surface area contributed by atoms with Crippen LogP contribution in [0.2, 0.25) is 0 Å². The van der Waals surface area contributed by atoms with Crippen molar-refractivity contribution in [1.29, 1.82) is 0 Å². The van der Waals surface area contributed by atoms with E-state index in [0.717, 1.165) is 55.8 Å². The van der Waals surface area contributed by atoms with E-state index in [1.165, 1.54) is 6.07 Å². The summed E-state index contributed by atoms with van der Waals surface area (Å²) in [6, 6.07) is 27.0. The Morgan fingerprint density at radius 2 is 1.62 bits per heavy atom. The molecule has 6 rings (SSSR count). The fourth-order valence-electron chi connectivity index (χ4n) is 4.39. The van der Waals surface area contributed by atoms with Crippen molar-refractivity contribution < 1.29 is 4.39 Å². The summed E-state index contributed by atoms with van der Waals surface area (Å²) >= 11 is 0. The van der Waals surface area contributed by atoms with Crippen LogP contribution in [0, 0.1) is 5.82 Å². The molecule has 0 aliphatic heterocycles. The molecule has 0 radical (unpaired) electrons. The Hall–Kier alpha value is -4.45. The lowest BCUT2D eigenvalue weighted by atomic mass is 10.0. The highest BCUT2D eigenvalue weighted by atomic mass is 19.1. The van der Waals surface area contributed by atoms with Gasteiger partial charge in [0.2, 0.25) is 0 Å². The van der Waals surface area contributed by atoms with Crippen molar-refractivity contribution in [1.82, 2.24) is 20.2 Å². The molecule has 0 atom stereocenters. The van der Waals surface area contributed by atoms with Gasteiger partial charge in [0.1, 0.15) is 17.0 Å². The largest absolute Gasteiger partial charge is 0.378 e. The second-order valence-corrected chi connectivity index (χ2v) is 8.54. The van der Waals surface area contributed by atoms with E-state index in [4.69, 9.17) is 4.98 Å². The van der Waals surface area contributed by atoms with E-state index in [1.807, 2.05) is 62.6 Å². The molecule has 0 saturated heterocycles. The lowest BCUT2D eigenvalue weighted by Crippen LogP contribution is -2.08. The number of nitrogens with zero attached hydrogens (tertiary/aromatic N) is 3. The predicted molar refractivity (Wildman–Crippen MR) is 136 cm³/mol. The van der Waals surface area contributed by atoms with Crippen LogP contribution in [0.4, 0.5) is 10.1 Å². The molecular weight excluding hydrogens is 425 g/mol. The summed E-state index contributed by atoms with van der Waals surface area (Å²) in [6.45, 7) is 0. The standard InChI is InChI=1S/C28H22FN5/c1-34(2)18-8-5-7-17(15-18)23-13-14-25-27(31-23)28(33-32-25)26-16-21-19(10-6-12-24(21)30-26)20-9-3-4-11-22(20)29/h3-16,30H,1-2H3,(H,32,33). The number of pyridine rings is 1. The minimum Gasteiger partial charge on any atom is -0.378 e. The minimum atomic E-state index is -0.241. The second kappa shape index (κ2) is 7.85. The maximum atomic E-state index is 14.5. The van der Waals surface area contributed by atoms with Gasteiger partial charge in [0.05, 0.1) is 16.9 Å². The van der Waals surface area contributed by atoms with Gasteiger partial charge < -0.3 is 9.88 Å². The van der Waals surface area contributed by atoms with Gasteiger partial charge in [-0.1, -0.05) is 42.5 Å². The molecule has 166 valence electrons. The third-order valence-corrected chi connectivity index (χ3v) is 6.15. The first-order valence-electron chi connectivity index (χ1n) is 11.1. The number of fused-ring (bicyclic) bond motifs is 2. The molecule has 6 aromatic rings. The lowest BCUT2D eigenvalue weighted by Gasteiger charge is -2.13. The Kier molecular flexibility index (Phi) is 4.66. The number of aromatic nitrogens is 4. The molecular formula is C28H22FN5. The molecule has 0 fully saturated rings. The van der Waals surface area contributed by atoms with Gasteiger partial charge in [-0.3, -0.25) is 5.10 Å². The van der Waals surface area contributed by atoms with Gasteiger partial charge in [-0.15, -0.1) is 0 Å². The van der Waals surface area contributed by atoms with Crippen molar-refractivity contribution in [3.05, 3.63) is 90.7 Å². The number of H-pyrrole nitrogens is 2. The molecule has 2 N–H and O–H groups in total. The predicted octanol–water partition coefficient (Wildman–Crippen LogP) is 6.65. The molecule has 0 aliphatic rings. The number of hydrogen-bond donors (Lipinski definition) is 2. The second-order valence-electron chi connectivity index (χ2n) is 8.54. The first kappa shape index (κ1) is 20.2. The minimum absolute atomic E-state index is 0.241. The van der Waals surface area contributed by atoms with Gasteiger partial charge in [0.25, 0.3) is 0 Å². The van der Waals surface area contributed by atoms with E-state index in [9.17, 15) is 4.39 Å². The number of halogens is 1. The fourth-order valence-corrected chi connectivity index (χ4v) is 4.39. The normalized spacial score (nSPS) is 11.4. The van der Waals surface area contributed by atoms with Crippen LogP contribution < -0.4 is 4.90 Å². The summed E-state index contributed by atoms with van der Waals surface area (Å²) < 4.78 is 14.5. The molecule has 0 bridgehead atoms. The number of aromatic amines is 2. The van der Waals surface area contributed by atoms with Crippen molar-refractivity contribution in [3.63, 3.8) is 0 Å². The fraction of sp³-hybridized carbons (Fsp3) is 0.0714. The van der Waals surface area contributed by atoms with Crippen LogP contribution in [0.3, 0.4) is 0 Å². The lowest BCUT2D eigenvalue weighted by molar-refractivity contribution is 0.631. The Morgan fingerprint density at radius 3 is 2.47 bits per heavy atom. The Labute approximate surface area is 195 Å². The SMILES string of the molecule is CN(C)c1cccc(-c2ccc3[nH]nc(-c4cc5c(-c6ccccc6F)cccc5[nH]4)c3n2)c1. The average Bonchev–Trinajstić information content (AvgIpc) is 3.48. The molecule has 0 saturated carbocycles. The molecule has 0 spiro atoms. The van der Waals surface area contributed by atoms with E-state index in [-0.39, 0.29) is 5.82 Å². The monoisotopic (exact) mass is 447 g/mol. The molecule has 3 aromatic carbocycles. The number of benzene rings is 3. The molecule has 0 aliphatic carbocycles. The molecule has 3 heterocycles. The van der Waals surface area contributed by atoms with Crippen LogP contribution in [-0.4, -0.2) is 34.3 Å². The summed E-state index contributed by atoms with van der Waals surface area (Å²) in [5.74, 6) is -0.241. The van der Waals surface area contributed by atoms with Crippen LogP contribution in [0.5, 0.6) is 0 Å². The van der Waals surface area contributed by atoms with Gasteiger partial charge in [-0.2, -0.15) is 5.10 Å². The van der Waals surface area contributed by atoms with E-state index in [2.05, 4.69) is 38.3 Å². The summed E-state index contributed by atoms with van der Waals surface area (Å²) in [4.78, 5) is 10.5. The van der Waals surface area contributed by atoms with Crippen LogP contribution >= 0.6 is 0 Å². The molecule has 34 heavy (non-hydrogen) atoms. The zero-order chi connectivity index (χ0) is 23.2.